The minimum atomic E-state index is -0.355. The highest BCUT2D eigenvalue weighted by molar-refractivity contribution is 7.07. The van der Waals surface area contributed by atoms with Gasteiger partial charge in [0.15, 0.2) is 0 Å². The summed E-state index contributed by atoms with van der Waals surface area (Å²) in [6.07, 6.45) is 1.58. The van der Waals surface area contributed by atoms with Gasteiger partial charge in [-0.25, -0.2) is 4.39 Å². The van der Waals surface area contributed by atoms with Gasteiger partial charge in [-0.15, -0.1) is 0 Å². The number of furan rings is 1. The first-order valence-electron chi connectivity index (χ1n) is 6.80. The van der Waals surface area contributed by atoms with Crippen molar-refractivity contribution < 1.29 is 13.6 Å². The van der Waals surface area contributed by atoms with E-state index in [0.29, 0.717) is 24.4 Å². The Labute approximate surface area is 131 Å². The molecule has 22 heavy (non-hydrogen) atoms. The van der Waals surface area contributed by atoms with Crippen LogP contribution in [0.15, 0.2) is 63.9 Å². The van der Waals surface area contributed by atoms with Crippen molar-refractivity contribution in [2.75, 3.05) is 0 Å². The number of rotatable bonds is 5. The third-order valence-electron chi connectivity index (χ3n) is 3.26. The maximum atomic E-state index is 13.0. The molecular weight excluding hydrogens is 301 g/mol. The van der Waals surface area contributed by atoms with Crippen LogP contribution in [0.3, 0.4) is 0 Å². The Morgan fingerprint density at radius 1 is 1.14 bits per heavy atom. The standard InChI is InChI=1S/C17H14FNO2S/c18-15-5-3-14(4-6-15)17(20)19(10-13-7-9-22-12-13)11-16-2-1-8-21-16/h1-9,12H,10-11H2. The molecule has 0 aliphatic heterocycles. The third kappa shape index (κ3) is 3.43. The number of thiophene rings is 1. The summed E-state index contributed by atoms with van der Waals surface area (Å²) >= 11 is 1.59. The van der Waals surface area contributed by atoms with E-state index in [9.17, 15) is 9.18 Å². The van der Waals surface area contributed by atoms with E-state index in [1.54, 1.807) is 28.6 Å². The van der Waals surface area contributed by atoms with Crippen LogP contribution in [0.4, 0.5) is 4.39 Å². The molecule has 0 N–H and O–H groups in total. The molecule has 0 radical (unpaired) electrons. The predicted molar refractivity (Wildman–Crippen MR) is 83.0 cm³/mol. The fourth-order valence-electron chi connectivity index (χ4n) is 2.17. The number of carbonyl (C=O) groups is 1. The van der Waals surface area contributed by atoms with E-state index in [1.165, 1.54) is 24.3 Å². The number of hydrogen-bond donors (Lipinski definition) is 0. The van der Waals surface area contributed by atoms with Crippen LogP contribution in [-0.2, 0) is 13.1 Å². The van der Waals surface area contributed by atoms with E-state index in [0.717, 1.165) is 5.56 Å². The van der Waals surface area contributed by atoms with Crippen molar-refractivity contribution in [3.8, 4) is 0 Å². The van der Waals surface area contributed by atoms with Gasteiger partial charge in [0.05, 0.1) is 12.8 Å². The van der Waals surface area contributed by atoms with Gasteiger partial charge < -0.3 is 9.32 Å². The molecule has 0 saturated carbocycles. The van der Waals surface area contributed by atoms with Crippen molar-refractivity contribution >= 4 is 17.2 Å². The minimum absolute atomic E-state index is 0.150. The van der Waals surface area contributed by atoms with Gasteiger partial charge in [0.25, 0.3) is 5.91 Å². The topological polar surface area (TPSA) is 33.5 Å². The maximum absolute atomic E-state index is 13.0. The molecule has 0 atom stereocenters. The Balaban J connectivity index is 1.83. The van der Waals surface area contributed by atoms with Crippen molar-refractivity contribution in [3.05, 3.63) is 82.2 Å². The molecule has 3 aromatic rings. The number of nitrogens with zero attached hydrogens (tertiary/aromatic N) is 1. The number of carbonyl (C=O) groups excluding carboxylic acids is 1. The second kappa shape index (κ2) is 6.58. The molecule has 2 heterocycles. The zero-order valence-corrected chi connectivity index (χ0v) is 12.6. The average molecular weight is 315 g/mol. The Hall–Kier alpha value is -2.40. The summed E-state index contributed by atoms with van der Waals surface area (Å²) in [5.74, 6) is 0.209. The lowest BCUT2D eigenvalue weighted by Crippen LogP contribution is -2.29. The van der Waals surface area contributed by atoms with Crippen LogP contribution in [-0.4, -0.2) is 10.8 Å². The first kappa shape index (κ1) is 14.5. The van der Waals surface area contributed by atoms with E-state index in [-0.39, 0.29) is 11.7 Å². The summed E-state index contributed by atoms with van der Waals surface area (Å²) in [6, 6.07) is 11.2. The van der Waals surface area contributed by atoms with Crippen LogP contribution in [0.1, 0.15) is 21.7 Å². The summed E-state index contributed by atoms with van der Waals surface area (Å²) in [5, 5.41) is 3.98. The largest absolute Gasteiger partial charge is 0.467 e. The highest BCUT2D eigenvalue weighted by atomic mass is 32.1. The zero-order valence-electron chi connectivity index (χ0n) is 11.7. The first-order valence-corrected chi connectivity index (χ1v) is 7.75. The van der Waals surface area contributed by atoms with Crippen molar-refractivity contribution in [1.29, 1.82) is 0 Å². The van der Waals surface area contributed by atoms with Crippen LogP contribution in [0.2, 0.25) is 0 Å². The zero-order chi connectivity index (χ0) is 15.4. The van der Waals surface area contributed by atoms with Gasteiger partial charge in [-0.05, 0) is 58.8 Å². The van der Waals surface area contributed by atoms with Gasteiger partial charge in [0.1, 0.15) is 11.6 Å². The van der Waals surface area contributed by atoms with Gasteiger partial charge in [-0.2, -0.15) is 11.3 Å². The highest BCUT2D eigenvalue weighted by Gasteiger charge is 2.18. The highest BCUT2D eigenvalue weighted by Crippen LogP contribution is 2.16. The monoisotopic (exact) mass is 315 g/mol. The second-order valence-electron chi connectivity index (χ2n) is 4.88. The van der Waals surface area contributed by atoms with E-state index in [1.807, 2.05) is 22.9 Å². The minimum Gasteiger partial charge on any atom is -0.467 e. The fraction of sp³-hybridized carbons (Fsp3) is 0.118. The Kier molecular flexibility index (Phi) is 4.34. The smallest absolute Gasteiger partial charge is 0.254 e. The number of halogens is 1. The molecule has 0 spiro atoms. The van der Waals surface area contributed by atoms with E-state index >= 15 is 0 Å². The fourth-order valence-corrected chi connectivity index (χ4v) is 2.83. The van der Waals surface area contributed by atoms with Crippen LogP contribution in [0.5, 0.6) is 0 Å². The molecule has 1 amide bonds. The summed E-state index contributed by atoms with van der Waals surface area (Å²) in [5.41, 5.74) is 1.52. The van der Waals surface area contributed by atoms with Crippen LogP contribution >= 0.6 is 11.3 Å². The third-order valence-corrected chi connectivity index (χ3v) is 3.99. The quantitative estimate of drug-likeness (QED) is 0.702. The van der Waals surface area contributed by atoms with E-state index in [4.69, 9.17) is 4.42 Å². The summed E-state index contributed by atoms with van der Waals surface area (Å²) in [6.45, 7) is 0.861. The predicted octanol–water partition coefficient (Wildman–Crippen LogP) is 4.32. The molecule has 3 rings (SSSR count). The lowest BCUT2D eigenvalue weighted by atomic mass is 10.1. The molecule has 0 aliphatic carbocycles. The SMILES string of the molecule is O=C(c1ccc(F)cc1)N(Cc1ccsc1)Cc1ccco1. The maximum Gasteiger partial charge on any atom is 0.254 e. The van der Waals surface area contributed by atoms with E-state index in [2.05, 4.69) is 0 Å². The van der Waals surface area contributed by atoms with Crippen LogP contribution < -0.4 is 0 Å². The molecular formula is C17H14FNO2S. The Bertz CT molecular complexity index is 684. The summed E-state index contributed by atoms with van der Waals surface area (Å²) in [4.78, 5) is 14.4. The number of benzene rings is 1. The van der Waals surface area contributed by atoms with E-state index < -0.39 is 0 Å². The van der Waals surface area contributed by atoms with Gasteiger partial charge in [-0.1, -0.05) is 0 Å². The van der Waals surface area contributed by atoms with Gasteiger partial charge >= 0.3 is 0 Å². The van der Waals surface area contributed by atoms with Crippen molar-refractivity contribution in [2.45, 2.75) is 13.1 Å². The first-order chi connectivity index (χ1) is 10.7. The molecule has 112 valence electrons. The average Bonchev–Trinajstić information content (AvgIpc) is 3.20. The molecule has 0 bridgehead atoms. The number of hydrogen-bond acceptors (Lipinski definition) is 3. The Morgan fingerprint density at radius 3 is 2.59 bits per heavy atom. The summed E-state index contributed by atoms with van der Waals surface area (Å²) < 4.78 is 18.4. The molecule has 0 saturated heterocycles. The van der Waals surface area contributed by atoms with Crippen LogP contribution in [0.25, 0.3) is 0 Å². The van der Waals surface area contributed by atoms with Gasteiger partial charge in [0, 0.05) is 12.1 Å². The number of amides is 1. The Morgan fingerprint density at radius 2 is 1.95 bits per heavy atom. The van der Waals surface area contributed by atoms with Crippen LogP contribution in [0, 0.1) is 5.82 Å². The van der Waals surface area contributed by atoms with Crippen molar-refractivity contribution in [3.63, 3.8) is 0 Å². The normalized spacial score (nSPS) is 10.6. The van der Waals surface area contributed by atoms with Crippen molar-refractivity contribution in [1.82, 2.24) is 4.90 Å². The van der Waals surface area contributed by atoms with Gasteiger partial charge in [0.2, 0.25) is 0 Å². The molecule has 1 aromatic carbocycles. The van der Waals surface area contributed by atoms with Crippen molar-refractivity contribution in [2.24, 2.45) is 0 Å². The lowest BCUT2D eigenvalue weighted by Gasteiger charge is -2.21. The lowest BCUT2D eigenvalue weighted by molar-refractivity contribution is 0.0718. The summed E-state index contributed by atoms with van der Waals surface area (Å²) in [7, 11) is 0. The molecule has 3 nitrogen and oxygen atoms in total. The molecule has 0 unspecified atom stereocenters. The second-order valence-corrected chi connectivity index (χ2v) is 5.66. The molecule has 0 aliphatic rings. The molecule has 2 aromatic heterocycles. The van der Waals surface area contributed by atoms with Gasteiger partial charge in [-0.3, -0.25) is 4.79 Å². The molecule has 5 heteroatoms. The molecule has 0 fully saturated rings.